The molecule has 0 bridgehead atoms. The Morgan fingerprint density at radius 2 is 1.73 bits per heavy atom. The number of benzene rings is 2. The summed E-state index contributed by atoms with van der Waals surface area (Å²) in [6.07, 6.45) is 2.31. The van der Waals surface area contributed by atoms with Gasteiger partial charge in [-0.2, -0.15) is 0 Å². The van der Waals surface area contributed by atoms with Gasteiger partial charge in [-0.15, -0.1) is 0 Å². The Morgan fingerprint density at radius 3 is 2.42 bits per heavy atom. The average molecular weight is 481 g/mol. The van der Waals surface area contributed by atoms with E-state index in [2.05, 4.69) is 30.3 Å². The van der Waals surface area contributed by atoms with Gasteiger partial charge in [0.2, 0.25) is 16.0 Å². The minimum Gasteiger partial charge on any atom is -0.365 e. The molecule has 3 N–H and O–H groups in total. The molecule has 2 aromatic heterocycles. The average Bonchev–Trinajstić information content (AvgIpc) is 3.21. The van der Waals surface area contributed by atoms with Crippen molar-refractivity contribution in [2.24, 2.45) is 0 Å². The normalized spacial score (nSPS) is 11.3. The molecule has 0 fully saturated rings. The largest absolute Gasteiger partial charge is 0.365 e. The van der Waals surface area contributed by atoms with E-state index >= 15 is 0 Å². The van der Waals surface area contributed by atoms with Crippen molar-refractivity contribution in [1.29, 1.82) is 0 Å². The van der Waals surface area contributed by atoms with Crippen molar-refractivity contribution in [3.8, 4) is 10.6 Å². The zero-order valence-corrected chi connectivity index (χ0v) is 19.9. The first-order valence-electron chi connectivity index (χ1n) is 10.3. The summed E-state index contributed by atoms with van der Waals surface area (Å²) in [6.45, 7) is 2.27. The number of hydrogen-bond donors (Lipinski definition) is 3. The van der Waals surface area contributed by atoms with E-state index in [1.807, 2.05) is 50.4 Å². The van der Waals surface area contributed by atoms with E-state index in [1.165, 1.54) is 11.3 Å². The zero-order chi connectivity index (χ0) is 23.3. The number of aryl methyl sites for hydroxylation is 1. The fraction of sp³-hybridized carbons (Fsp3) is 0.174. The Hall–Kier alpha value is -3.34. The number of aromatic nitrogens is 3. The van der Waals surface area contributed by atoms with Crippen LogP contribution in [0.1, 0.15) is 11.3 Å². The zero-order valence-electron chi connectivity index (χ0n) is 18.2. The molecular formula is C23H24N6O2S2. The van der Waals surface area contributed by atoms with Gasteiger partial charge in [-0.3, -0.25) is 0 Å². The van der Waals surface area contributed by atoms with E-state index in [-0.39, 0.29) is 4.90 Å². The van der Waals surface area contributed by atoms with Crippen LogP contribution in [0.2, 0.25) is 0 Å². The van der Waals surface area contributed by atoms with E-state index in [1.54, 1.807) is 30.5 Å². The third-order valence-electron chi connectivity index (χ3n) is 4.87. The second-order valence-electron chi connectivity index (χ2n) is 7.23. The molecular weight excluding hydrogens is 456 g/mol. The third-order valence-corrected chi connectivity index (χ3v) is 7.54. The minimum atomic E-state index is -3.59. The molecule has 0 saturated carbocycles. The van der Waals surface area contributed by atoms with Crippen molar-refractivity contribution in [1.82, 2.24) is 19.7 Å². The second kappa shape index (κ2) is 10.1. The fourth-order valence-electron chi connectivity index (χ4n) is 3.19. The summed E-state index contributed by atoms with van der Waals surface area (Å²) in [4.78, 5) is 14.5. The van der Waals surface area contributed by atoms with Crippen molar-refractivity contribution >= 4 is 38.1 Å². The van der Waals surface area contributed by atoms with Gasteiger partial charge in [-0.05, 0) is 49.2 Å². The van der Waals surface area contributed by atoms with E-state index in [0.29, 0.717) is 24.6 Å². The van der Waals surface area contributed by atoms with Gasteiger partial charge in [0, 0.05) is 25.5 Å². The summed E-state index contributed by atoms with van der Waals surface area (Å²) in [6, 6.07) is 18.1. The number of anilines is 3. The van der Waals surface area contributed by atoms with Crippen LogP contribution >= 0.6 is 11.3 Å². The van der Waals surface area contributed by atoms with Crippen molar-refractivity contribution in [2.45, 2.75) is 18.2 Å². The molecule has 0 amide bonds. The van der Waals surface area contributed by atoms with Crippen molar-refractivity contribution in [2.75, 3.05) is 24.2 Å². The number of rotatable bonds is 9. The van der Waals surface area contributed by atoms with Crippen LogP contribution in [0, 0.1) is 6.92 Å². The van der Waals surface area contributed by atoms with Gasteiger partial charge >= 0.3 is 0 Å². The second-order valence-corrected chi connectivity index (χ2v) is 10.00. The van der Waals surface area contributed by atoms with Crippen molar-refractivity contribution in [3.05, 3.63) is 78.1 Å². The lowest BCUT2D eigenvalue weighted by atomic mass is 10.2. The highest BCUT2D eigenvalue weighted by Crippen LogP contribution is 2.31. The number of nitrogens with one attached hydrogen (secondary N) is 3. The summed E-state index contributed by atoms with van der Waals surface area (Å²) < 4.78 is 27.8. The van der Waals surface area contributed by atoms with Crippen molar-refractivity contribution < 1.29 is 8.42 Å². The Labute approximate surface area is 197 Å². The summed E-state index contributed by atoms with van der Waals surface area (Å²) in [5.41, 5.74) is 3.43. The third kappa shape index (κ3) is 5.72. The first-order valence-corrected chi connectivity index (χ1v) is 12.6. The van der Waals surface area contributed by atoms with Gasteiger partial charge < -0.3 is 10.6 Å². The van der Waals surface area contributed by atoms with E-state index in [4.69, 9.17) is 0 Å². The quantitative estimate of drug-likeness (QED) is 0.329. The highest BCUT2D eigenvalue weighted by atomic mass is 32.2. The van der Waals surface area contributed by atoms with Crippen LogP contribution in [-0.2, 0) is 16.4 Å². The molecule has 0 unspecified atom stereocenters. The molecule has 2 aromatic carbocycles. The summed E-state index contributed by atoms with van der Waals surface area (Å²) in [5.74, 6) is 0.419. The van der Waals surface area contributed by atoms with E-state index in [9.17, 15) is 8.42 Å². The van der Waals surface area contributed by atoms with Gasteiger partial charge in [0.25, 0.3) is 0 Å². The molecule has 0 aliphatic rings. The van der Waals surface area contributed by atoms with Crippen LogP contribution in [-0.4, -0.2) is 37.0 Å². The lowest BCUT2D eigenvalue weighted by Gasteiger charge is -2.09. The van der Waals surface area contributed by atoms with Gasteiger partial charge in [-0.25, -0.2) is 28.1 Å². The lowest BCUT2D eigenvalue weighted by molar-refractivity contribution is 0.581. The van der Waals surface area contributed by atoms with Crippen LogP contribution in [0.25, 0.3) is 10.6 Å². The molecule has 0 saturated heterocycles. The minimum absolute atomic E-state index is 0.204. The van der Waals surface area contributed by atoms with Crippen LogP contribution in [0.5, 0.6) is 0 Å². The van der Waals surface area contributed by atoms with Gasteiger partial charge in [-0.1, -0.05) is 41.7 Å². The number of thiazole rings is 1. The van der Waals surface area contributed by atoms with Crippen molar-refractivity contribution in [3.63, 3.8) is 0 Å². The first kappa shape index (κ1) is 22.8. The Bertz CT molecular complexity index is 1320. The highest BCUT2D eigenvalue weighted by Gasteiger charge is 2.14. The maximum absolute atomic E-state index is 12.6. The molecule has 0 aliphatic heterocycles. The van der Waals surface area contributed by atoms with Gasteiger partial charge in [0.05, 0.1) is 21.2 Å². The summed E-state index contributed by atoms with van der Waals surface area (Å²) in [5, 5.41) is 7.00. The molecule has 0 radical (unpaired) electrons. The topological polar surface area (TPSA) is 109 Å². The van der Waals surface area contributed by atoms with Gasteiger partial charge in [0.1, 0.15) is 0 Å². The standard InChI is InChI=1S/C23H24N6O2S2/c1-16-21(32-23(24-2)27-16)20-13-14-25-22(29-20)28-18-8-10-19(11-9-18)33(30,31)26-15-12-17-6-4-3-5-7-17/h3-11,13-14,26H,12,15H2,1-2H3,(H,24,27)(H,25,28,29). The van der Waals surface area contributed by atoms with E-state index < -0.39 is 10.0 Å². The smallest absolute Gasteiger partial charge is 0.240 e. The van der Waals surface area contributed by atoms with Crippen LogP contribution in [0.15, 0.2) is 71.8 Å². The van der Waals surface area contributed by atoms with Crippen LogP contribution in [0.3, 0.4) is 0 Å². The van der Waals surface area contributed by atoms with Crippen LogP contribution in [0.4, 0.5) is 16.8 Å². The predicted molar refractivity (Wildman–Crippen MR) is 132 cm³/mol. The molecule has 4 aromatic rings. The monoisotopic (exact) mass is 480 g/mol. The Balaban J connectivity index is 1.41. The van der Waals surface area contributed by atoms with Gasteiger partial charge in [0.15, 0.2) is 5.13 Å². The summed E-state index contributed by atoms with van der Waals surface area (Å²) in [7, 11) is -1.76. The number of hydrogen-bond acceptors (Lipinski definition) is 8. The number of nitrogens with zero attached hydrogens (tertiary/aromatic N) is 3. The molecule has 0 atom stereocenters. The van der Waals surface area contributed by atoms with Crippen LogP contribution < -0.4 is 15.4 Å². The fourth-order valence-corrected chi connectivity index (χ4v) is 5.11. The molecule has 8 nitrogen and oxygen atoms in total. The maximum Gasteiger partial charge on any atom is 0.240 e. The molecule has 0 spiro atoms. The Morgan fingerprint density at radius 1 is 0.970 bits per heavy atom. The molecule has 10 heteroatoms. The SMILES string of the molecule is CNc1nc(C)c(-c2ccnc(Nc3ccc(S(=O)(=O)NCCc4ccccc4)cc3)n2)s1. The molecule has 33 heavy (non-hydrogen) atoms. The molecule has 170 valence electrons. The predicted octanol–water partition coefficient (Wildman–Crippen LogP) is 4.21. The molecule has 4 rings (SSSR count). The number of sulfonamides is 1. The first-order chi connectivity index (χ1) is 15.9. The maximum atomic E-state index is 12.6. The molecule has 2 heterocycles. The Kier molecular flexibility index (Phi) is 6.97. The van der Waals surface area contributed by atoms with E-state index in [0.717, 1.165) is 27.0 Å². The molecule has 0 aliphatic carbocycles. The summed E-state index contributed by atoms with van der Waals surface area (Å²) >= 11 is 1.52. The lowest BCUT2D eigenvalue weighted by Crippen LogP contribution is -2.25. The highest BCUT2D eigenvalue weighted by molar-refractivity contribution is 7.89.